The van der Waals surface area contributed by atoms with E-state index < -0.39 is 9.84 Å². The summed E-state index contributed by atoms with van der Waals surface area (Å²) in [6.07, 6.45) is 4.99. The van der Waals surface area contributed by atoms with Gasteiger partial charge in [0.25, 0.3) is 0 Å². The van der Waals surface area contributed by atoms with Gasteiger partial charge in [0.2, 0.25) is 0 Å². The first-order chi connectivity index (χ1) is 9.97. The number of hydrogen-bond donors (Lipinski definition) is 1. The smallest absolute Gasteiger partial charge is 0.177 e. The number of para-hydroxylation sites is 1. The molecule has 2 N–H and O–H groups in total. The number of hydrogen-bond acceptors (Lipinski definition) is 5. The van der Waals surface area contributed by atoms with Crippen LogP contribution in [0.5, 0.6) is 0 Å². The zero-order valence-corrected chi connectivity index (χ0v) is 12.6. The third kappa shape index (κ3) is 2.90. The van der Waals surface area contributed by atoms with E-state index in [0.717, 1.165) is 24.3 Å². The molecule has 1 aromatic carbocycles. The minimum atomic E-state index is -3.33. The molecule has 0 atom stereocenters. The minimum absolute atomic E-state index is 0.185. The second kappa shape index (κ2) is 5.11. The van der Waals surface area contributed by atoms with E-state index in [0.29, 0.717) is 18.3 Å². The molecule has 0 radical (unpaired) electrons. The standard InChI is InChI=1S/C15H18N2O3S/c1-21(18,19)14-6-2-5-13(15(14)16)17(11-7-8-11)10-12-4-3-9-20-12/h2-6,9,11H,7-8,10,16H2,1H3. The zero-order chi connectivity index (χ0) is 15.0. The average Bonchev–Trinajstić information content (AvgIpc) is 3.13. The largest absolute Gasteiger partial charge is 0.467 e. The Balaban J connectivity index is 2.00. The van der Waals surface area contributed by atoms with Crippen molar-refractivity contribution in [2.75, 3.05) is 16.9 Å². The Labute approximate surface area is 124 Å². The molecule has 1 saturated carbocycles. The highest BCUT2D eigenvalue weighted by Crippen LogP contribution is 2.38. The van der Waals surface area contributed by atoms with Gasteiger partial charge in [-0.1, -0.05) is 6.07 Å². The van der Waals surface area contributed by atoms with Crippen molar-refractivity contribution in [3.63, 3.8) is 0 Å². The van der Waals surface area contributed by atoms with Gasteiger partial charge in [-0.25, -0.2) is 8.42 Å². The molecule has 21 heavy (non-hydrogen) atoms. The molecule has 0 aliphatic heterocycles. The summed E-state index contributed by atoms with van der Waals surface area (Å²) in [5.41, 5.74) is 7.19. The lowest BCUT2D eigenvalue weighted by atomic mass is 10.2. The summed E-state index contributed by atoms with van der Waals surface area (Å²) in [4.78, 5) is 2.31. The lowest BCUT2D eigenvalue weighted by molar-refractivity contribution is 0.501. The Morgan fingerprint density at radius 2 is 2.05 bits per heavy atom. The van der Waals surface area contributed by atoms with E-state index in [1.165, 1.54) is 6.26 Å². The summed E-state index contributed by atoms with van der Waals surface area (Å²) in [5, 5.41) is 0. The molecule has 0 spiro atoms. The van der Waals surface area contributed by atoms with E-state index >= 15 is 0 Å². The predicted octanol–water partition coefficient (Wildman–Crippen LogP) is 2.43. The van der Waals surface area contributed by atoms with Crippen molar-refractivity contribution in [1.29, 1.82) is 0 Å². The van der Waals surface area contributed by atoms with Crippen LogP contribution in [0.3, 0.4) is 0 Å². The summed E-state index contributed by atoms with van der Waals surface area (Å²) in [6.45, 7) is 0.592. The van der Waals surface area contributed by atoms with E-state index in [4.69, 9.17) is 10.2 Å². The van der Waals surface area contributed by atoms with Gasteiger partial charge < -0.3 is 15.1 Å². The molecule has 5 nitrogen and oxygen atoms in total. The van der Waals surface area contributed by atoms with Crippen molar-refractivity contribution in [3.8, 4) is 0 Å². The highest BCUT2D eigenvalue weighted by molar-refractivity contribution is 7.90. The van der Waals surface area contributed by atoms with Crippen molar-refractivity contribution in [1.82, 2.24) is 0 Å². The van der Waals surface area contributed by atoms with Gasteiger partial charge >= 0.3 is 0 Å². The number of sulfone groups is 1. The zero-order valence-electron chi connectivity index (χ0n) is 11.8. The summed E-state index contributed by atoms with van der Waals surface area (Å²) in [7, 11) is -3.33. The van der Waals surface area contributed by atoms with Crippen LogP contribution in [0.25, 0.3) is 0 Å². The van der Waals surface area contributed by atoms with Crippen molar-refractivity contribution in [2.45, 2.75) is 30.3 Å². The molecule has 1 aliphatic rings. The Kier molecular flexibility index (Phi) is 3.41. The van der Waals surface area contributed by atoms with Crippen LogP contribution in [0, 0.1) is 0 Å². The van der Waals surface area contributed by atoms with Gasteiger partial charge in [-0.05, 0) is 37.1 Å². The van der Waals surface area contributed by atoms with Gasteiger partial charge in [0.05, 0.1) is 29.1 Å². The van der Waals surface area contributed by atoms with E-state index in [1.54, 1.807) is 18.4 Å². The molecule has 0 unspecified atom stereocenters. The molecule has 0 bridgehead atoms. The molecule has 112 valence electrons. The Morgan fingerprint density at radius 3 is 2.62 bits per heavy atom. The number of rotatable bonds is 5. The maximum atomic E-state index is 11.8. The highest BCUT2D eigenvalue weighted by Gasteiger charge is 2.31. The summed E-state index contributed by atoms with van der Waals surface area (Å²) in [6, 6.07) is 9.30. The average molecular weight is 306 g/mol. The normalized spacial score (nSPS) is 15.1. The van der Waals surface area contributed by atoms with Crippen molar-refractivity contribution in [2.24, 2.45) is 0 Å². The van der Waals surface area contributed by atoms with E-state index in [1.807, 2.05) is 18.2 Å². The van der Waals surface area contributed by atoms with Crippen molar-refractivity contribution in [3.05, 3.63) is 42.4 Å². The van der Waals surface area contributed by atoms with Crippen molar-refractivity contribution >= 4 is 21.2 Å². The quantitative estimate of drug-likeness (QED) is 0.859. The van der Waals surface area contributed by atoms with Crippen LogP contribution in [-0.4, -0.2) is 20.7 Å². The number of benzene rings is 1. The predicted molar refractivity (Wildman–Crippen MR) is 81.9 cm³/mol. The molecule has 1 heterocycles. The molecule has 0 amide bonds. The van der Waals surface area contributed by atoms with E-state index in [2.05, 4.69) is 4.90 Å². The molecular formula is C15H18N2O3S. The summed E-state index contributed by atoms with van der Waals surface area (Å²) >= 11 is 0. The molecule has 3 rings (SSSR count). The van der Waals surface area contributed by atoms with Gasteiger partial charge in [-0.15, -0.1) is 0 Å². The topological polar surface area (TPSA) is 76.5 Å². The maximum Gasteiger partial charge on any atom is 0.177 e. The Hall–Kier alpha value is -1.95. The monoisotopic (exact) mass is 306 g/mol. The molecule has 1 aromatic heterocycles. The lowest BCUT2D eigenvalue weighted by Crippen LogP contribution is -2.26. The van der Waals surface area contributed by atoms with Gasteiger partial charge in [0.1, 0.15) is 5.76 Å². The Bertz CT molecular complexity index is 734. The van der Waals surface area contributed by atoms with Crippen LogP contribution in [0.2, 0.25) is 0 Å². The van der Waals surface area contributed by atoms with Crippen molar-refractivity contribution < 1.29 is 12.8 Å². The first-order valence-corrected chi connectivity index (χ1v) is 8.73. The number of anilines is 2. The molecule has 1 aliphatic carbocycles. The summed E-state index contributed by atoms with van der Waals surface area (Å²) < 4.78 is 29.0. The van der Waals surface area contributed by atoms with Crippen LogP contribution >= 0.6 is 0 Å². The second-order valence-corrected chi connectivity index (χ2v) is 7.38. The fraction of sp³-hybridized carbons (Fsp3) is 0.333. The van der Waals surface area contributed by atoms with E-state index in [9.17, 15) is 8.42 Å². The van der Waals surface area contributed by atoms with Gasteiger partial charge in [-0.3, -0.25) is 0 Å². The number of nitrogens with zero attached hydrogens (tertiary/aromatic N) is 1. The third-order valence-electron chi connectivity index (χ3n) is 3.65. The first kappa shape index (κ1) is 14.0. The first-order valence-electron chi connectivity index (χ1n) is 6.84. The van der Waals surface area contributed by atoms with Crippen LogP contribution < -0.4 is 10.6 Å². The molecular weight excluding hydrogens is 288 g/mol. The fourth-order valence-corrected chi connectivity index (χ4v) is 3.30. The maximum absolute atomic E-state index is 11.8. The molecule has 6 heteroatoms. The molecule has 1 fully saturated rings. The number of nitrogen functional groups attached to an aromatic ring is 1. The lowest BCUT2D eigenvalue weighted by Gasteiger charge is -2.26. The third-order valence-corrected chi connectivity index (χ3v) is 4.80. The van der Waals surface area contributed by atoms with Gasteiger partial charge in [-0.2, -0.15) is 0 Å². The molecule has 2 aromatic rings. The molecule has 0 saturated heterocycles. The van der Waals surface area contributed by atoms with E-state index in [-0.39, 0.29) is 4.90 Å². The summed E-state index contributed by atoms with van der Waals surface area (Å²) in [5.74, 6) is 0.839. The number of nitrogens with two attached hydrogens (primary N) is 1. The van der Waals surface area contributed by atoms with Crippen LogP contribution in [-0.2, 0) is 16.4 Å². The minimum Gasteiger partial charge on any atom is -0.467 e. The fourth-order valence-electron chi connectivity index (χ4n) is 2.47. The Morgan fingerprint density at radius 1 is 1.29 bits per heavy atom. The second-order valence-electron chi connectivity index (χ2n) is 5.40. The number of furan rings is 1. The van der Waals surface area contributed by atoms with Crippen LogP contribution in [0.4, 0.5) is 11.4 Å². The van der Waals surface area contributed by atoms with Crippen LogP contribution in [0.15, 0.2) is 45.9 Å². The SMILES string of the molecule is CS(=O)(=O)c1cccc(N(Cc2ccco2)C2CC2)c1N. The van der Waals surface area contributed by atoms with Gasteiger partial charge in [0, 0.05) is 12.3 Å². The van der Waals surface area contributed by atoms with Crippen LogP contribution in [0.1, 0.15) is 18.6 Å². The van der Waals surface area contributed by atoms with Gasteiger partial charge in [0.15, 0.2) is 9.84 Å². The highest BCUT2D eigenvalue weighted by atomic mass is 32.2.